The summed E-state index contributed by atoms with van der Waals surface area (Å²) < 4.78 is 5.06. The maximum Gasteiger partial charge on any atom is 0.0950 e. The molecule has 0 aliphatic heterocycles. The first-order valence-electron chi connectivity index (χ1n) is 5.79. The number of rotatable bonds is 5. The first kappa shape index (κ1) is 10.5. The van der Waals surface area contributed by atoms with Crippen molar-refractivity contribution >= 4 is 0 Å². The van der Waals surface area contributed by atoms with Crippen LogP contribution in [0.3, 0.4) is 0 Å². The lowest BCUT2D eigenvalue weighted by Gasteiger charge is -2.11. The van der Waals surface area contributed by atoms with Crippen molar-refractivity contribution in [3.63, 3.8) is 0 Å². The third kappa shape index (κ3) is 2.96. The fourth-order valence-electron chi connectivity index (χ4n) is 2.05. The van der Waals surface area contributed by atoms with Crippen LogP contribution in [-0.4, -0.2) is 6.54 Å². The van der Waals surface area contributed by atoms with Gasteiger partial charge in [0.1, 0.15) is 0 Å². The molecule has 0 fully saturated rings. The minimum Gasteiger partial charge on any atom is -0.472 e. The predicted molar refractivity (Wildman–Crippen MR) is 61.7 cm³/mol. The molecule has 0 amide bonds. The summed E-state index contributed by atoms with van der Waals surface area (Å²) in [7, 11) is 0. The molecule has 1 N–H and O–H groups in total. The zero-order valence-corrected chi connectivity index (χ0v) is 9.33. The molecular formula is C13H19NO. The van der Waals surface area contributed by atoms with Gasteiger partial charge in [-0.05, 0) is 45.2 Å². The summed E-state index contributed by atoms with van der Waals surface area (Å²) in [6.45, 7) is 3.24. The summed E-state index contributed by atoms with van der Waals surface area (Å²) in [5, 5.41) is 3.51. The number of allylic oxidation sites excluding steroid dienone is 1. The molecular weight excluding hydrogens is 186 g/mol. The van der Waals surface area contributed by atoms with Gasteiger partial charge in [-0.25, -0.2) is 0 Å². The Kier molecular flexibility index (Phi) is 3.62. The lowest BCUT2D eigenvalue weighted by molar-refractivity contribution is 0.538. The van der Waals surface area contributed by atoms with E-state index in [1.165, 1.54) is 31.2 Å². The Hall–Kier alpha value is -1.02. The predicted octanol–water partition coefficient (Wildman–Crippen LogP) is 3.43. The molecule has 1 aromatic heterocycles. The highest BCUT2D eigenvalue weighted by Crippen LogP contribution is 2.20. The van der Waals surface area contributed by atoms with E-state index >= 15 is 0 Å². The fraction of sp³-hybridized carbons (Fsp3) is 0.538. The standard InChI is InChI=1S/C13H19NO/c1-11(13-7-9-15-10-13)14-8-6-12-4-2-3-5-12/h4,7,9-11,14H,2-3,5-6,8H2,1H3. The smallest absolute Gasteiger partial charge is 0.0950 e. The lowest BCUT2D eigenvalue weighted by Crippen LogP contribution is -2.19. The van der Waals surface area contributed by atoms with E-state index in [-0.39, 0.29) is 0 Å². The first-order chi connectivity index (χ1) is 7.36. The highest BCUT2D eigenvalue weighted by Gasteiger charge is 2.07. The van der Waals surface area contributed by atoms with Gasteiger partial charge >= 0.3 is 0 Å². The zero-order valence-electron chi connectivity index (χ0n) is 9.33. The monoisotopic (exact) mass is 205 g/mol. The fourth-order valence-corrected chi connectivity index (χ4v) is 2.05. The van der Waals surface area contributed by atoms with Crippen molar-refractivity contribution in [2.45, 2.75) is 38.6 Å². The van der Waals surface area contributed by atoms with Crippen LogP contribution in [0, 0.1) is 0 Å². The minimum atomic E-state index is 0.394. The molecule has 2 rings (SSSR count). The van der Waals surface area contributed by atoms with Gasteiger partial charge in [0.15, 0.2) is 0 Å². The van der Waals surface area contributed by atoms with E-state index in [0.29, 0.717) is 6.04 Å². The Morgan fingerprint density at radius 1 is 1.53 bits per heavy atom. The number of furan rings is 1. The van der Waals surface area contributed by atoms with Crippen molar-refractivity contribution in [3.05, 3.63) is 35.8 Å². The Bertz CT molecular complexity index is 313. The molecule has 0 aromatic carbocycles. The van der Waals surface area contributed by atoms with Gasteiger partial charge in [-0.1, -0.05) is 11.6 Å². The second-order valence-electron chi connectivity index (χ2n) is 4.24. The van der Waals surface area contributed by atoms with Crippen LogP contribution in [0.4, 0.5) is 0 Å². The second-order valence-corrected chi connectivity index (χ2v) is 4.24. The molecule has 82 valence electrons. The van der Waals surface area contributed by atoms with Crippen molar-refractivity contribution < 1.29 is 4.42 Å². The maximum absolute atomic E-state index is 5.06. The van der Waals surface area contributed by atoms with Gasteiger partial charge < -0.3 is 9.73 Å². The average molecular weight is 205 g/mol. The second kappa shape index (κ2) is 5.17. The van der Waals surface area contributed by atoms with Crippen LogP contribution in [-0.2, 0) is 0 Å². The Morgan fingerprint density at radius 2 is 2.47 bits per heavy atom. The van der Waals surface area contributed by atoms with Gasteiger partial charge in [0.05, 0.1) is 12.5 Å². The SMILES string of the molecule is CC(NCCC1=CCCC1)c1ccoc1. The summed E-state index contributed by atoms with van der Waals surface area (Å²) in [6.07, 6.45) is 11.1. The van der Waals surface area contributed by atoms with Crippen LogP contribution in [0.2, 0.25) is 0 Å². The summed E-state index contributed by atoms with van der Waals surface area (Å²) in [4.78, 5) is 0. The Balaban J connectivity index is 1.69. The quantitative estimate of drug-likeness (QED) is 0.745. The van der Waals surface area contributed by atoms with Gasteiger partial charge in [-0.15, -0.1) is 0 Å². The van der Waals surface area contributed by atoms with E-state index in [0.717, 1.165) is 6.54 Å². The van der Waals surface area contributed by atoms with Gasteiger partial charge in [-0.2, -0.15) is 0 Å². The minimum absolute atomic E-state index is 0.394. The molecule has 1 heterocycles. The third-order valence-corrected chi connectivity index (χ3v) is 3.07. The number of hydrogen-bond acceptors (Lipinski definition) is 2. The van der Waals surface area contributed by atoms with E-state index < -0.39 is 0 Å². The summed E-state index contributed by atoms with van der Waals surface area (Å²) in [5.41, 5.74) is 2.86. The third-order valence-electron chi connectivity index (χ3n) is 3.07. The van der Waals surface area contributed by atoms with Crippen molar-refractivity contribution in [3.8, 4) is 0 Å². The van der Waals surface area contributed by atoms with E-state index in [9.17, 15) is 0 Å². The molecule has 0 radical (unpaired) electrons. The molecule has 2 heteroatoms. The molecule has 2 nitrogen and oxygen atoms in total. The Morgan fingerprint density at radius 3 is 3.13 bits per heavy atom. The van der Waals surface area contributed by atoms with E-state index in [2.05, 4.69) is 18.3 Å². The van der Waals surface area contributed by atoms with Crippen molar-refractivity contribution in [1.82, 2.24) is 5.32 Å². The molecule has 0 spiro atoms. The van der Waals surface area contributed by atoms with Gasteiger partial charge in [0.2, 0.25) is 0 Å². The molecule has 1 aliphatic rings. The zero-order chi connectivity index (χ0) is 10.5. The van der Waals surface area contributed by atoms with E-state index in [4.69, 9.17) is 4.42 Å². The first-order valence-corrected chi connectivity index (χ1v) is 5.79. The van der Waals surface area contributed by atoms with Gasteiger partial charge in [-0.3, -0.25) is 0 Å². The van der Waals surface area contributed by atoms with Crippen LogP contribution >= 0.6 is 0 Å². The summed E-state index contributed by atoms with van der Waals surface area (Å²) >= 11 is 0. The van der Waals surface area contributed by atoms with Crippen LogP contribution in [0.5, 0.6) is 0 Å². The van der Waals surface area contributed by atoms with E-state index in [1.807, 2.05) is 12.3 Å². The van der Waals surface area contributed by atoms with Gasteiger partial charge in [0, 0.05) is 11.6 Å². The number of nitrogens with one attached hydrogen (secondary N) is 1. The molecule has 0 saturated heterocycles. The Labute approximate surface area is 91.4 Å². The van der Waals surface area contributed by atoms with Crippen LogP contribution in [0.15, 0.2) is 34.7 Å². The lowest BCUT2D eigenvalue weighted by atomic mass is 10.1. The summed E-state index contributed by atoms with van der Waals surface area (Å²) in [6, 6.07) is 2.41. The van der Waals surface area contributed by atoms with E-state index in [1.54, 1.807) is 11.8 Å². The molecule has 0 bridgehead atoms. The molecule has 1 atom stereocenters. The topological polar surface area (TPSA) is 25.2 Å². The highest BCUT2D eigenvalue weighted by atomic mass is 16.3. The van der Waals surface area contributed by atoms with Crippen molar-refractivity contribution in [1.29, 1.82) is 0 Å². The maximum atomic E-state index is 5.06. The molecule has 1 aliphatic carbocycles. The van der Waals surface area contributed by atoms with Gasteiger partial charge in [0.25, 0.3) is 0 Å². The van der Waals surface area contributed by atoms with Crippen molar-refractivity contribution in [2.75, 3.05) is 6.54 Å². The van der Waals surface area contributed by atoms with Crippen molar-refractivity contribution in [2.24, 2.45) is 0 Å². The van der Waals surface area contributed by atoms with Crippen LogP contribution < -0.4 is 5.32 Å². The molecule has 15 heavy (non-hydrogen) atoms. The normalized spacial score (nSPS) is 17.8. The highest BCUT2D eigenvalue weighted by molar-refractivity contribution is 5.11. The number of hydrogen-bond donors (Lipinski definition) is 1. The largest absolute Gasteiger partial charge is 0.472 e. The molecule has 1 aromatic rings. The van der Waals surface area contributed by atoms with Crippen LogP contribution in [0.1, 0.15) is 44.2 Å². The molecule has 1 unspecified atom stereocenters. The van der Waals surface area contributed by atoms with Crippen LogP contribution in [0.25, 0.3) is 0 Å². The summed E-state index contributed by atoms with van der Waals surface area (Å²) in [5.74, 6) is 0. The average Bonchev–Trinajstić information content (AvgIpc) is 2.90. The molecule has 0 saturated carbocycles.